The molecule has 17 heavy (non-hydrogen) atoms. The summed E-state index contributed by atoms with van der Waals surface area (Å²) in [5.74, 6) is 1.16. The summed E-state index contributed by atoms with van der Waals surface area (Å²) in [6.07, 6.45) is 4.84. The number of hydrogen-bond donors (Lipinski definition) is 1. The molecule has 0 aliphatic heterocycles. The Morgan fingerprint density at radius 1 is 1.12 bits per heavy atom. The van der Waals surface area contributed by atoms with Crippen LogP contribution in [0.25, 0.3) is 0 Å². The Hall–Kier alpha value is -1.15. The van der Waals surface area contributed by atoms with Crippen LogP contribution < -0.4 is 5.32 Å². The Balaban J connectivity index is 1.59. The molecule has 0 radical (unpaired) electrons. The number of ketones is 1. The average molecular weight is 231 g/mol. The summed E-state index contributed by atoms with van der Waals surface area (Å²) >= 11 is 0. The standard InChI is InChI=1S/C15H21NO/c17-15-8-6-14(7-9-15)12-16-11-10-13-4-2-1-3-5-13/h1-5,14,16H,6-12H2. The predicted molar refractivity (Wildman–Crippen MR) is 70.0 cm³/mol. The maximum Gasteiger partial charge on any atom is 0.132 e. The van der Waals surface area contributed by atoms with E-state index in [9.17, 15) is 4.79 Å². The first-order valence-electron chi connectivity index (χ1n) is 6.61. The van der Waals surface area contributed by atoms with Crippen LogP contribution in [0.15, 0.2) is 30.3 Å². The maximum absolute atomic E-state index is 11.1. The van der Waals surface area contributed by atoms with Crippen LogP contribution in [0, 0.1) is 5.92 Å². The molecular weight excluding hydrogens is 210 g/mol. The van der Waals surface area contributed by atoms with Gasteiger partial charge in [0.25, 0.3) is 0 Å². The van der Waals surface area contributed by atoms with Crippen molar-refractivity contribution in [3.8, 4) is 0 Å². The van der Waals surface area contributed by atoms with E-state index >= 15 is 0 Å². The Labute approximate surface area is 103 Å². The first-order valence-corrected chi connectivity index (χ1v) is 6.61. The molecule has 0 saturated heterocycles. The molecule has 92 valence electrons. The third kappa shape index (κ3) is 4.31. The Bertz CT molecular complexity index is 337. The minimum atomic E-state index is 0.450. The van der Waals surface area contributed by atoms with Crippen molar-refractivity contribution in [2.75, 3.05) is 13.1 Å². The molecule has 1 aromatic rings. The lowest BCUT2D eigenvalue weighted by molar-refractivity contribution is -0.120. The van der Waals surface area contributed by atoms with E-state index in [1.54, 1.807) is 0 Å². The molecule has 2 rings (SSSR count). The zero-order valence-electron chi connectivity index (χ0n) is 10.3. The molecule has 1 aliphatic rings. The van der Waals surface area contributed by atoms with Crippen LogP contribution in [-0.4, -0.2) is 18.9 Å². The third-order valence-corrected chi connectivity index (χ3v) is 3.53. The van der Waals surface area contributed by atoms with Gasteiger partial charge in [0.15, 0.2) is 0 Å². The number of carbonyl (C=O) groups excluding carboxylic acids is 1. The fraction of sp³-hybridized carbons (Fsp3) is 0.533. The molecule has 2 nitrogen and oxygen atoms in total. The second-order valence-electron chi connectivity index (χ2n) is 4.92. The lowest BCUT2D eigenvalue weighted by Crippen LogP contribution is -2.28. The van der Waals surface area contributed by atoms with Gasteiger partial charge in [-0.05, 0) is 43.8 Å². The number of nitrogens with one attached hydrogen (secondary N) is 1. The van der Waals surface area contributed by atoms with Crippen molar-refractivity contribution in [2.24, 2.45) is 5.92 Å². The summed E-state index contributed by atoms with van der Waals surface area (Å²) in [7, 11) is 0. The molecule has 0 spiro atoms. The summed E-state index contributed by atoms with van der Waals surface area (Å²) in [6.45, 7) is 2.11. The van der Waals surface area contributed by atoms with E-state index in [-0.39, 0.29) is 0 Å². The van der Waals surface area contributed by atoms with E-state index in [1.165, 1.54) is 5.56 Å². The fourth-order valence-corrected chi connectivity index (χ4v) is 2.39. The molecule has 1 aliphatic carbocycles. The molecule has 0 heterocycles. The predicted octanol–water partition coefficient (Wildman–Crippen LogP) is 2.58. The summed E-state index contributed by atoms with van der Waals surface area (Å²) in [4.78, 5) is 11.1. The molecule has 2 heteroatoms. The summed E-state index contributed by atoms with van der Waals surface area (Å²) in [5, 5.41) is 3.51. The van der Waals surface area contributed by atoms with Gasteiger partial charge in [0.2, 0.25) is 0 Å². The smallest absolute Gasteiger partial charge is 0.132 e. The Kier molecular flexibility index (Phi) is 4.75. The van der Waals surface area contributed by atoms with Crippen LogP contribution >= 0.6 is 0 Å². The highest BCUT2D eigenvalue weighted by Gasteiger charge is 2.17. The van der Waals surface area contributed by atoms with Gasteiger partial charge in [-0.2, -0.15) is 0 Å². The molecule has 1 N–H and O–H groups in total. The molecular formula is C15H21NO. The molecule has 0 aromatic heterocycles. The minimum absolute atomic E-state index is 0.450. The van der Waals surface area contributed by atoms with Crippen LogP contribution in [-0.2, 0) is 11.2 Å². The van der Waals surface area contributed by atoms with E-state index in [1.807, 2.05) is 0 Å². The van der Waals surface area contributed by atoms with E-state index in [0.29, 0.717) is 11.7 Å². The van der Waals surface area contributed by atoms with Crippen molar-refractivity contribution in [2.45, 2.75) is 32.1 Å². The maximum atomic E-state index is 11.1. The highest BCUT2D eigenvalue weighted by molar-refractivity contribution is 5.79. The monoisotopic (exact) mass is 231 g/mol. The van der Waals surface area contributed by atoms with Crippen molar-refractivity contribution in [1.29, 1.82) is 0 Å². The topological polar surface area (TPSA) is 29.1 Å². The summed E-state index contributed by atoms with van der Waals surface area (Å²) in [6, 6.07) is 10.6. The Morgan fingerprint density at radius 3 is 2.53 bits per heavy atom. The van der Waals surface area contributed by atoms with E-state index in [0.717, 1.165) is 45.2 Å². The molecule has 1 saturated carbocycles. The van der Waals surface area contributed by atoms with E-state index in [4.69, 9.17) is 0 Å². The van der Waals surface area contributed by atoms with Gasteiger partial charge in [0.1, 0.15) is 5.78 Å². The largest absolute Gasteiger partial charge is 0.316 e. The van der Waals surface area contributed by atoms with Crippen molar-refractivity contribution in [3.63, 3.8) is 0 Å². The van der Waals surface area contributed by atoms with Gasteiger partial charge in [-0.15, -0.1) is 0 Å². The van der Waals surface area contributed by atoms with Crippen LogP contribution in [0.5, 0.6) is 0 Å². The van der Waals surface area contributed by atoms with Crippen molar-refractivity contribution < 1.29 is 4.79 Å². The van der Waals surface area contributed by atoms with Gasteiger partial charge in [-0.25, -0.2) is 0 Å². The van der Waals surface area contributed by atoms with E-state index in [2.05, 4.69) is 35.6 Å². The Morgan fingerprint density at radius 2 is 1.82 bits per heavy atom. The van der Waals surface area contributed by atoms with Gasteiger partial charge in [0.05, 0.1) is 0 Å². The second kappa shape index (κ2) is 6.55. The lowest BCUT2D eigenvalue weighted by Gasteiger charge is -2.21. The number of benzene rings is 1. The van der Waals surface area contributed by atoms with Gasteiger partial charge >= 0.3 is 0 Å². The van der Waals surface area contributed by atoms with Gasteiger partial charge < -0.3 is 5.32 Å². The third-order valence-electron chi connectivity index (χ3n) is 3.53. The zero-order chi connectivity index (χ0) is 11.9. The van der Waals surface area contributed by atoms with Gasteiger partial charge in [-0.1, -0.05) is 30.3 Å². The molecule has 1 aromatic carbocycles. The zero-order valence-corrected chi connectivity index (χ0v) is 10.3. The molecule has 0 unspecified atom stereocenters. The highest BCUT2D eigenvalue weighted by Crippen LogP contribution is 2.20. The SMILES string of the molecule is O=C1CCC(CNCCc2ccccc2)CC1. The second-order valence-corrected chi connectivity index (χ2v) is 4.92. The van der Waals surface area contributed by atoms with Gasteiger partial charge in [0, 0.05) is 12.8 Å². The number of rotatable bonds is 5. The minimum Gasteiger partial charge on any atom is -0.316 e. The molecule has 0 bridgehead atoms. The highest BCUT2D eigenvalue weighted by atomic mass is 16.1. The van der Waals surface area contributed by atoms with E-state index < -0.39 is 0 Å². The van der Waals surface area contributed by atoms with Crippen LogP contribution in [0.1, 0.15) is 31.2 Å². The van der Waals surface area contributed by atoms with Gasteiger partial charge in [-0.3, -0.25) is 4.79 Å². The number of carbonyl (C=O) groups is 1. The van der Waals surface area contributed by atoms with Crippen LogP contribution in [0.3, 0.4) is 0 Å². The average Bonchev–Trinajstić information content (AvgIpc) is 2.38. The number of hydrogen-bond acceptors (Lipinski definition) is 2. The fourth-order valence-electron chi connectivity index (χ4n) is 2.39. The molecule has 0 atom stereocenters. The van der Waals surface area contributed by atoms with Crippen LogP contribution in [0.2, 0.25) is 0 Å². The lowest BCUT2D eigenvalue weighted by atomic mass is 9.88. The molecule has 1 fully saturated rings. The van der Waals surface area contributed by atoms with Crippen molar-refractivity contribution in [1.82, 2.24) is 5.32 Å². The van der Waals surface area contributed by atoms with Crippen molar-refractivity contribution >= 4 is 5.78 Å². The first-order chi connectivity index (χ1) is 8.34. The summed E-state index contributed by atoms with van der Waals surface area (Å²) < 4.78 is 0. The van der Waals surface area contributed by atoms with Crippen molar-refractivity contribution in [3.05, 3.63) is 35.9 Å². The first kappa shape index (κ1) is 12.3. The summed E-state index contributed by atoms with van der Waals surface area (Å²) in [5.41, 5.74) is 1.39. The molecule has 0 amide bonds. The van der Waals surface area contributed by atoms with Crippen LogP contribution in [0.4, 0.5) is 0 Å². The quantitative estimate of drug-likeness (QED) is 0.789. The normalized spacial score (nSPS) is 17.3. The number of Topliss-reactive ketones (excluding diaryl/α,β-unsaturated/α-hetero) is 1.